The van der Waals surface area contributed by atoms with Crippen LogP contribution in [0.1, 0.15) is 12.1 Å². The van der Waals surface area contributed by atoms with E-state index in [2.05, 4.69) is 9.72 Å². The summed E-state index contributed by atoms with van der Waals surface area (Å²) in [4.78, 5) is 4.16. The minimum Gasteiger partial charge on any atom is -0.406 e. The summed E-state index contributed by atoms with van der Waals surface area (Å²) < 4.78 is 66.9. The van der Waals surface area contributed by atoms with Gasteiger partial charge in [0, 0.05) is 19.3 Å². The van der Waals surface area contributed by atoms with Crippen LogP contribution in [-0.2, 0) is 10.0 Å². The largest absolute Gasteiger partial charge is 0.573 e. The van der Waals surface area contributed by atoms with Crippen LogP contribution in [0.5, 0.6) is 5.75 Å². The normalized spacial score (nSPS) is 16.2. The third kappa shape index (κ3) is 4.23. The van der Waals surface area contributed by atoms with E-state index in [1.165, 1.54) is 4.31 Å². The number of sulfonamides is 1. The Labute approximate surface area is 148 Å². The van der Waals surface area contributed by atoms with E-state index in [1.807, 2.05) is 12.1 Å². The average molecular weight is 384 g/mol. The van der Waals surface area contributed by atoms with Gasteiger partial charge in [-0.2, -0.15) is 4.31 Å². The van der Waals surface area contributed by atoms with Gasteiger partial charge in [0.1, 0.15) is 5.75 Å². The van der Waals surface area contributed by atoms with Crippen LogP contribution < -0.4 is 4.74 Å². The number of hydrogen-bond donors (Lipinski definition) is 0. The monoisotopic (exact) mass is 384 g/mol. The molecule has 1 aromatic carbocycles. The van der Waals surface area contributed by atoms with Gasteiger partial charge in [-0.1, -0.05) is 12.1 Å². The first-order chi connectivity index (χ1) is 12.3. The van der Waals surface area contributed by atoms with Crippen molar-refractivity contribution in [1.82, 2.24) is 9.29 Å². The molecule has 2 aromatic rings. The number of hydrogen-bond acceptors (Lipinski definition) is 4. The molecule has 5 nitrogen and oxygen atoms in total. The van der Waals surface area contributed by atoms with Crippen molar-refractivity contribution in [2.45, 2.75) is 17.7 Å². The van der Waals surface area contributed by atoms with Gasteiger partial charge in [0.05, 0.1) is 10.6 Å². The van der Waals surface area contributed by atoms with Crippen molar-refractivity contribution >= 4 is 15.6 Å². The zero-order valence-electron chi connectivity index (χ0n) is 13.5. The van der Waals surface area contributed by atoms with E-state index in [0.717, 1.165) is 35.5 Å². The number of aromatic nitrogens is 1. The second-order valence-electron chi connectivity index (χ2n) is 5.58. The summed E-state index contributed by atoms with van der Waals surface area (Å²) in [5.74, 6) is -0.465. The molecule has 26 heavy (non-hydrogen) atoms. The molecule has 138 valence electrons. The van der Waals surface area contributed by atoms with Gasteiger partial charge in [0.15, 0.2) is 0 Å². The zero-order chi connectivity index (χ0) is 18.8. The first kappa shape index (κ1) is 18.4. The Morgan fingerprint density at radius 2 is 1.81 bits per heavy atom. The van der Waals surface area contributed by atoms with Crippen LogP contribution in [-0.4, -0.2) is 37.2 Å². The predicted molar refractivity (Wildman–Crippen MR) is 88.7 cm³/mol. The lowest BCUT2D eigenvalue weighted by Gasteiger charge is -2.25. The first-order valence-corrected chi connectivity index (χ1v) is 9.16. The Bertz CT molecular complexity index is 895. The van der Waals surface area contributed by atoms with Crippen LogP contribution in [0, 0.1) is 0 Å². The van der Waals surface area contributed by atoms with Gasteiger partial charge in [-0.25, -0.2) is 8.42 Å². The van der Waals surface area contributed by atoms with Crippen molar-refractivity contribution in [3.8, 4) is 5.75 Å². The van der Waals surface area contributed by atoms with Gasteiger partial charge in [-0.05, 0) is 48.4 Å². The van der Waals surface area contributed by atoms with Crippen LogP contribution in [0.25, 0.3) is 5.57 Å². The van der Waals surface area contributed by atoms with E-state index in [-0.39, 0.29) is 18.0 Å². The van der Waals surface area contributed by atoms with Gasteiger partial charge in [0.25, 0.3) is 0 Å². The maximum Gasteiger partial charge on any atom is 0.573 e. The summed E-state index contributed by atoms with van der Waals surface area (Å²) in [6.07, 6.45) is -0.847. The maximum atomic E-state index is 12.6. The van der Waals surface area contributed by atoms with Crippen LogP contribution in [0.3, 0.4) is 0 Å². The number of nitrogens with zero attached hydrogens (tertiary/aromatic N) is 2. The van der Waals surface area contributed by atoms with E-state index in [4.69, 9.17) is 0 Å². The molecule has 0 spiro atoms. The molecule has 0 atom stereocenters. The number of benzene rings is 1. The molecule has 0 amide bonds. The van der Waals surface area contributed by atoms with Gasteiger partial charge < -0.3 is 4.74 Å². The van der Waals surface area contributed by atoms with Crippen molar-refractivity contribution in [3.63, 3.8) is 0 Å². The number of halogens is 3. The molecule has 3 rings (SSSR count). The summed E-state index contributed by atoms with van der Waals surface area (Å²) in [6, 6.07) is 9.70. The van der Waals surface area contributed by atoms with E-state index >= 15 is 0 Å². The van der Waals surface area contributed by atoms with Crippen LogP contribution in [0.2, 0.25) is 0 Å². The summed E-state index contributed by atoms with van der Waals surface area (Å²) in [5.41, 5.74) is 1.77. The third-order valence-corrected chi connectivity index (χ3v) is 5.74. The van der Waals surface area contributed by atoms with E-state index in [0.29, 0.717) is 6.42 Å². The highest BCUT2D eigenvalue weighted by Gasteiger charge is 2.31. The van der Waals surface area contributed by atoms with Crippen LogP contribution >= 0.6 is 0 Å². The minimum atomic E-state index is -4.82. The summed E-state index contributed by atoms with van der Waals surface area (Å²) in [6.45, 7) is 0.445. The van der Waals surface area contributed by atoms with E-state index in [9.17, 15) is 21.6 Å². The van der Waals surface area contributed by atoms with Crippen LogP contribution in [0.4, 0.5) is 13.2 Å². The first-order valence-electron chi connectivity index (χ1n) is 7.72. The average Bonchev–Trinajstić information content (AvgIpc) is 2.62. The molecule has 0 radical (unpaired) electrons. The Morgan fingerprint density at radius 1 is 1.08 bits per heavy atom. The quantitative estimate of drug-likeness (QED) is 0.810. The Morgan fingerprint density at radius 3 is 2.35 bits per heavy atom. The lowest BCUT2D eigenvalue weighted by molar-refractivity contribution is -0.274. The van der Waals surface area contributed by atoms with Crippen molar-refractivity contribution < 1.29 is 26.3 Å². The van der Waals surface area contributed by atoms with Gasteiger partial charge in [-0.15, -0.1) is 13.2 Å². The van der Waals surface area contributed by atoms with Crippen LogP contribution in [0.15, 0.2) is 59.6 Å². The standard InChI is InChI=1S/C17H15F3N2O3S/c18-17(19,20)25-14-4-6-15(7-5-14)26(23,24)22-11-8-13(9-12-22)16-3-1-2-10-21-16/h1-8,10H,9,11-12H2. The lowest BCUT2D eigenvalue weighted by Crippen LogP contribution is -2.34. The molecule has 0 aliphatic carbocycles. The molecule has 9 heteroatoms. The molecule has 0 saturated carbocycles. The fourth-order valence-corrected chi connectivity index (χ4v) is 4.00. The Kier molecular flexibility index (Phi) is 5.01. The number of rotatable bonds is 4. The minimum absolute atomic E-state index is 0.0817. The number of ether oxygens (including phenoxy) is 1. The molecule has 1 aromatic heterocycles. The highest BCUT2D eigenvalue weighted by Crippen LogP contribution is 2.27. The molecular formula is C17H15F3N2O3S. The Balaban J connectivity index is 1.74. The number of alkyl halides is 3. The third-order valence-electron chi connectivity index (χ3n) is 3.86. The zero-order valence-corrected chi connectivity index (χ0v) is 14.3. The smallest absolute Gasteiger partial charge is 0.406 e. The second-order valence-corrected chi connectivity index (χ2v) is 7.51. The topological polar surface area (TPSA) is 59.5 Å². The molecule has 0 fully saturated rings. The van der Waals surface area contributed by atoms with E-state index < -0.39 is 22.1 Å². The van der Waals surface area contributed by atoms with Crippen molar-refractivity contribution in [3.05, 3.63) is 60.4 Å². The highest BCUT2D eigenvalue weighted by atomic mass is 32.2. The molecule has 0 unspecified atom stereocenters. The van der Waals surface area contributed by atoms with Gasteiger partial charge in [0.2, 0.25) is 10.0 Å². The highest BCUT2D eigenvalue weighted by molar-refractivity contribution is 7.89. The van der Waals surface area contributed by atoms with Crippen molar-refractivity contribution in [1.29, 1.82) is 0 Å². The Hall–Kier alpha value is -2.39. The molecule has 1 aliphatic heterocycles. The van der Waals surface area contributed by atoms with Crippen molar-refractivity contribution in [2.75, 3.05) is 13.1 Å². The fraction of sp³-hybridized carbons (Fsp3) is 0.235. The molecular weight excluding hydrogens is 369 g/mol. The molecule has 0 saturated heterocycles. The lowest BCUT2D eigenvalue weighted by atomic mass is 10.1. The molecule has 0 bridgehead atoms. The second kappa shape index (κ2) is 7.08. The maximum absolute atomic E-state index is 12.6. The summed E-state index contributed by atoms with van der Waals surface area (Å²) in [5, 5.41) is 0. The van der Waals surface area contributed by atoms with Gasteiger partial charge >= 0.3 is 6.36 Å². The fourth-order valence-electron chi connectivity index (χ4n) is 2.62. The van der Waals surface area contributed by atoms with Gasteiger partial charge in [-0.3, -0.25) is 4.98 Å². The predicted octanol–water partition coefficient (Wildman–Crippen LogP) is 3.46. The van der Waals surface area contributed by atoms with Crippen molar-refractivity contribution in [2.24, 2.45) is 0 Å². The molecule has 1 aliphatic rings. The van der Waals surface area contributed by atoms with E-state index in [1.54, 1.807) is 18.3 Å². The molecule has 2 heterocycles. The summed E-state index contributed by atoms with van der Waals surface area (Å²) in [7, 11) is -3.80. The number of pyridine rings is 1. The molecule has 0 N–H and O–H groups in total. The SMILES string of the molecule is O=S(=O)(c1ccc(OC(F)(F)F)cc1)N1CC=C(c2ccccn2)CC1. The summed E-state index contributed by atoms with van der Waals surface area (Å²) >= 11 is 0.